The van der Waals surface area contributed by atoms with Crippen molar-refractivity contribution in [3.05, 3.63) is 65.0 Å². The largest absolute Gasteiger partial charge is 0.497 e. The summed E-state index contributed by atoms with van der Waals surface area (Å²) in [6.45, 7) is 3.99. The molecule has 1 heterocycles. The molecule has 7 nitrogen and oxygen atoms in total. The fourth-order valence-electron chi connectivity index (χ4n) is 2.89. The maximum absolute atomic E-state index is 12.9. The van der Waals surface area contributed by atoms with Gasteiger partial charge in [0.25, 0.3) is 0 Å². The number of aryl methyl sites for hydroxylation is 2. The number of anilines is 1. The van der Waals surface area contributed by atoms with Crippen molar-refractivity contribution in [2.45, 2.75) is 26.2 Å². The first-order valence-corrected chi connectivity index (χ1v) is 8.30. The molecule has 1 amide bonds. The Kier molecular flexibility index (Phi) is 5.26. The number of tetrazole rings is 1. The molecular formula is C19H21N5O2. The Hall–Kier alpha value is -3.22. The highest BCUT2D eigenvalue weighted by Gasteiger charge is 2.25. The Morgan fingerprint density at radius 3 is 2.42 bits per heavy atom. The summed E-state index contributed by atoms with van der Waals surface area (Å²) >= 11 is 0. The van der Waals surface area contributed by atoms with Crippen LogP contribution in [-0.4, -0.2) is 33.6 Å². The number of carbonyl (C=O) groups is 1. The first kappa shape index (κ1) is 17.6. The average molecular weight is 351 g/mol. The van der Waals surface area contributed by atoms with Gasteiger partial charge in [0, 0.05) is 5.69 Å². The minimum atomic E-state index is -0.553. The van der Waals surface area contributed by atoms with E-state index >= 15 is 0 Å². The van der Waals surface area contributed by atoms with Crippen LogP contribution in [0.2, 0.25) is 0 Å². The van der Waals surface area contributed by atoms with Crippen LogP contribution < -0.4 is 10.1 Å². The van der Waals surface area contributed by atoms with Crippen molar-refractivity contribution in [3.63, 3.8) is 0 Å². The van der Waals surface area contributed by atoms with Gasteiger partial charge in [0.15, 0.2) is 5.82 Å². The van der Waals surface area contributed by atoms with Gasteiger partial charge >= 0.3 is 0 Å². The quantitative estimate of drug-likeness (QED) is 0.712. The second-order valence-electron chi connectivity index (χ2n) is 6.24. The maximum Gasteiger partial charge on any atom is 0.235 e. The molecule has 2 N–H and O–H groups in total. The van der Waals surface area contributed by atoms with Crippen molar-refractivity contribution >= 4 is 11.6 Å². The van der Waals surface area contributed by atoms with E-state index in [2.05, 4.69) is 32.0 Å². The highest BCUT2D eigenvalue weighted by atomic mass is 16.5. The number of hydrogen-bond acceptors (Lipinski definition) is 5. The van der Waals surface area contributed by atoms with E-state index in [1.54, 1.807) is 7.11 Å². The van der Waals surface area contributed by atoms with Crippen molar-refractivity contribution < 1.29 is 9.53 Å². The molecule has 26 heavy (non-hydrogen) atoms. The smallest absolute Gasteiger partial charge is 0.235 e. The van der Waals surface area contributed by atoms with Gasteiger partial charge in [0.05, 0.1) is 7.11 Å². The molecule has 3 rings (SSSR count). The Balaban J connectivity index is 1.82. The van der Waals surface area contributed by atoms with E-state index in [0.717, 1.165) is 28.1 Å². The van der Waals surface area contributed by atoms with E-state index in [1.807, 2.05) is 50.2 Å². The van der Waals surface area contributed by atoms with E-state index in [4.69, 9.17) is 4.74 Å². The number of carbonyl (C=O) groups excluding carboxylic acids is 1. The van der Waals surface area contributed by atoms with Crippen LogP contribution >= 0.6 is 0 Å². The highest BCUT2D eigenvalue weighted by molar-refractivity contribution is 5.95. The van der Waals surface area contributed by atoms with Crippen LogP contribution in [0.15, 0.2) is 42.5 Å². The molecular weight excluding hydrogens is 330 g/mol. The molecule has 0 fully saturated rings. The van der Waals surface area contributed by atoms with Crippen LogP contribution in [0.1, 0.15) is 28.4 Å². The van der Waals surface area contributed by atoms with Gasteiger partial charge in [-0.05, 0) is 61.2 Å². The second kappa shape index (κ2) is 7.77. The zero-order valence-electron chi connectivity index (χ0n) is 15.0. The Labute approximate surface area is 151 Å². The number of hydrogen-bond donors (Lipinski definition) is 2. The number of amides is 1. The number of nitrogens with one attached hydrogen (secondary N) is 2. The molecule has 2 aromatic carbocycles. The Bertz CT molecular complexity index is 855. The first-order valence-electron chi connectivity index (χ1n) is 8.30. The monoisotopic (exact) mass is 351 g/mol. The van der Waals surface area contributed by atoms with E-state index < -0.39 is 5.92 Å². The molecule has 0 aliphatic carbocycles. The van der Waals surface area contributed by atoms with Gasteiger partial charge in [-0.2, -0.15) is 5.21 Å². The summed E-state index contributed by atoms with van der Waals surface area (Å²) in [6, 6.07) is 13.5. The van der Waals surface area contributed by atoms with Crippen LogP contribution in [0.4, 0.5) is 5.69 Å². The van der Waals surface area contributed by atoms with Crippen LogP contribution in [0, 0.1) is 13.8 Å². The van der Waals surface area contributed by atoms with Gasteiger partial charge in [0.2, 0.25) is 5.91 Å². The lowest BCUT2D eigenvalue weighted by atomic mass is 9.97. The molecule has 0 spiro atoms. The maximum atomic E-state index is 12.9. The summed E-state index contributed by atoms with van der Waals surface area (Å²) in [7, 11) is 1.62. The van der Waals surface area contributed by atoms with Crippen molar-refractivity contribution in [1.29, 1.82) is 0 Å². The van der Waals surface area contributed by atoms with Crippen LogP contribution in [0.5, 0.6) is 5.75 Å². The number of ether oxygens (including phenoxy) is 1. The summed E-state index contributed by atoms with van der Waals surface area (Å²) in [5, 5.41) is 17.0. The number of rotatable bonds is 6. The third-order valence-electron chi connectivity index (χ3n) is 4.08. The van der Waals surface area contributed by atoms with Crippen molar-refractivity contribution in [2.24, 2.45) is 0 Å². The number of aromatic amines is 1. The van der Waals surface area contributed by atoms with E-state index in [1.165, 1.54) is 0 Å². The fourth-order valence-corrected chi connectivity index (χ4v) is 2.89. The predicted octanol–water partition coefficient (Wildman–Crippen LogP) is 2.79. The zero-order valence-corrected chi connectivity index (χ0v) is 15.0. The Morgan fingerprint density at radius 1 is 1.15 bits per heavy atom. The van der Waals surface area contributed by atoms with Crippen LogP contribution in [0.25, 0.3) is 0 Å². The third-order valence-corrected chi connectivity index (χ3v) is 4.08. The number of aromatic nitrogens is 4. The van der Waals surface area contributed by atoms with Gasteiger partial charge in [-0.15, -0.1) is 10.2 Å². The summed E-state index contributed by atoms with van der Waals surface area (Å²) < 4.78 is 5.18. The normalized spacial score (nSPS) is 11.8. The lowest BCUT2D eigenvalue weighted by Crippen LogP contribution is -2.24. The molecule has 1 unspecified atom stereocenters. The molecule has 0 aliphatic heterocycles. The summed E-state index contributed by atoms with van der Waals surface area (Å²) in [5.41, 5.74) is 3.92. The fraction of sp³-hybridized carbons (Fsp3) is 0.263. The van der Waals surface area contributed by atoms with Gasteiger partial charge in [-0.25, -0.2) is 0 Å². The second-order valence-corrected chi connectivity index (χ2v) is 6.24. The molecule has 0 saturated heterocycles. The van der Waals surface area contributed by atoms with Crippen molar-refractivity contribution in [2.75, 3.05) is 12.4 Å². The van der Waals surface area contributed by atoms with E-state index in [-0.39, 0.29) is 5.91 Å². The van der Waals surface area contributed by atoms with Gasteiger partial charge in [-0.1, -0.05) is 23.4 Å². The minimum absolute atomic E-state index is 0.174. The van der Waals surface area contributed by atoms with Gasteiger partial charge in [0.1, 0.15) is 11.7 Å². The molecule has 134 valence electrons. The first-order chi connectivity index (χ1) is 12.5. The summed E-state index contributed by atoms with van der Waals surface area (Å²) in [5.74, 6) is 0.405. The predicted molar refractivity (Wildman–Crippen MR) is 98.2 cm³/mol. The van der Waals surface area contributed by atoms with Crippen LogP contribution in [-0.2, 0) is 11.2 Å². The number of nitrogens with zero attached hydrogens (tertiary/aromatic N) is 3. The molecule has 0 radical (unpaired) electrons. The highest BCUT2D eigenvalue weighted by Crippen LogP contribution is 2.22. The molecule has 7 heteroatoms. The number of benzene rings is 2. The lowest BCUT2D eigenvalue weighted by molar-refractivity contribution is -0.117. The Morgan fingerprint density at radius 2 is 1.85 bits per heavy atom. The molecule has 1 atom stereocenters. The molecule has 0 aliphatic rings. The van der Waals surface area contributed by atoms with Crippen molar-refractivity contribution in [3.8, 4) is 5.75 Å². The molecule has 0 bridgehead atoms. The standard InChI is InChI=1S/C19H21N5O2/c1-12-8-13(2)10-15(9-12)20-19(25)17(18-21-23-24-22-18)11-14-4-6-16(26-3)7-5-14/h4-10,17H,11H2,1-3H3,(H,20,25)(H,21,22,23,24). The topological polar surface area (TPSA) is 92.8 Å². The summed E-state index contributed by atoms with van der Waals surface area (Å²) in [4.78, 5) is 12.9. The van der Waals surface area contributed by atoms with E-state index in [0.29, 0.717) is 12.2 Å². The third kappa shape index (κ3) is 4.24. The SMILES string of the molecule is COc1ccc(CC(C(=O)Nc2cc(C)cc(C)c2)c2nn[nH]n2)cc1. The lowest BCUT2D eigenvalue weighted by Gasteiger charge is -2.15. The van der Waals surface area contributed by atoms with Crippen molar-refractivity contribution in [1.82, 2.24) is 20.6 Å². The zero-order chi connectivity index (χ0) is 18.5. The van der Waals surface area contributed by atoms with Gasteiger partial charge in [-0.3, -0.25) is 4.79 Å². The molecule has 1 aromatic heterocycles. The number of methoxy groups -OCH3 is 1. The summed E-state index contributed by atoms with van der Waals surface area (Å²) in [6.07, 6.45) is 0.458. The van der Waals surface area contributed by atoms with E-state index in [9.17, 15) is 4.79 Å². The number of H-pyrrole nitrogens is 1. The average Bonchev–Trinajstić information content (AvgIpc) is 3.13. The van der Waals surface area contributed by atoms with Gasteiger partial charge < -0.3 is 10.1 Å². The molecule has 0 saturated carbocycles. The minimum Gasteiger partial charge on any atom is -0.497 e. The molecule has 3 aromatic rings. The van der Waals surface area contributed by atoms with Crippen LogP contribution in [0.3, 0.4) is 0 Å².